The summed E-state index contributed by atoms with van der Waals surface area (Å²) in [5.74, 6) is -0.405. The van der Waals surface area contributed by atoms with Gasteiger partial charge in [0.1, 0.15) is 0 Å². The Balaban J connectivity index is 2.28. The summed E-state index contributed by atoms with van der Waals surface area (Å²) in [4.78, 5) is 21.4. The smallest absolute Gasteiger partial charge is 0.152 e. The number of aromatic nitrogens is 2. The van der Waals surface area contributed by atoms with Gasteiger partial charge in [-0.15, -0.1) is 0 Å². The average molecular weight is 398 g/mol. The first-order valence-corrected chi connectivity index (χ1v) is 8.49. The van der Waals surface area contributed by atoms with E-state index < -0.39 is 0 Å². The van der Waals surface area contributed by atoms with Gasteiger partial charge in [-0.1, -0.05) is 44.0 Å². The molecule has 0 aromatic carbocycles. The van der Waals surface area contributed by atoms with Crippen molar-refractivity contribution in [2.45, 2.75) is 11.8 Å². The third-order valence-electron chi connectivity index (χ3n) is 3.09. The quantitative estimate of drug-likeness (QED) is 0.698. The molecule has 0 fully saturated rings. The standard InChI is InChI=1S/C15H14Br2N2O/c16-9-11(13-5-1-3-7-18-13)15(20)12(10-17)14-6-2-4-8-19-14/h1-8,11-12H,9-10H2. The molecule has 0 radical (unpaired) electrons. The Morgan fingerprint density at radius 2 is 1.35 bits per heavy atom. The van der Waals surface area contributed by atoms with Crippen LogP contribution in [0.2, 0.25) is 0 Å². The van der Waals surface area contributed by atoms with Crippen molar-refractivity contribution >= 4 is 37.6 Å². The Labute approximate surface area is 135 Å². The lowest BCUT2D eigenvalue weighted by atomic mass is 9.90. The van der Waals surface area contributed by atoms with Gasteiger partial charge >= 0.3 is 0 Å². The van der Waals surface area contributed by atoms with Crippen molar-refractivity contribution in [1.29, 1.82) is 0 Å². The number of hydrogen-bond donors (Lipinski definition) is 0. The maximum absolute atomic E-state index is 12.8. The Kier molecular flexibility index (Phi) is 5.86. The van der Waals surface area contributed by atoms with Crippen LogP contribution in [0.25, 0.3) is 0 Å². The summed E-state index contributed by atoms with van der Waals surface area (Å²) >= 11 is 6.85. The number of alkyl halides is 2. The zero-order valence-corrected chi connectivity index (χ0v) is 13.9. The first kappa shape index (κ1) is 15.3. The molecule has 0 aliphatic heterocycles. The van der Waals surface area contributed by atoms with Crippen molar-refractivity contribution in [3.8, 4) is 0 Å². The van der Waals surface area contributed by atoms with Gasteiger partial charge in [0.25, 0.3) is 0 Å². The summed E-state index contributed by atoms with van der Waals surface area (Å²) < 4.78 is 0. The van der Waals surface area contributed by atoms with Gasteiger partial charge in [-0.2, -0.15) is 0 Å². The van der Waals surface area contributed by atoms with Crippen molar-refractivity contribution in [1.82, 2.24) is 9.97 Å². The third-order valence-corrected chi connectivity index (χ3v) is 4.38. The van der Waals surface area contributed by atoms with Crippen LogP contribution in [-0.4, -0.2) is 26.4 Å². The summed E-state index contributed by atoms with van der Waals surface area (Å²) in [6.07, 6.45) is 3.42. The van der Waals surface area contributed by atoms with Crippen molar-refractivity contribution < 1.29 is 4.79 Å². The second kappa shape index (κ2) is 7.64. The van der Waals surface area contributed by atoms with Crippen molar-refractivity contribution in [3.63, 3.8) is 0 Å². The number of ketones is 1. The number of hydrogen-bond acceptors (Lipinski definition) is 3. The molecule has 2 aromatic rings. The number of pyridine rings is 2. The van der Waals surface area contributed by atoms with E-state index in [4.69, 9.17) is 0 Å². The second-order valence-electron chi connectivity index (χ2n) is 4.33. The largest absolute Gasteiger partial charge is 0.298 e. The maximum Gasteiger partial charge on any atom is 0.152 e. The number of carbonyl (C=O) groups excluding carboxylic acids is 1. The Morgan fingerprint density at radius 3 is 1.65 bits per heavy atom. The van der Waals surface area contributed by atoms with Crippen LogP contribution in [0.1, 0.15) is 23.2 Å². The molecule has 3 nitrogen and oxygen atoms in total. The van der Waals surface area contributed by atoms with E-state index in [1.54, 1.807) is 12.4 Å². The Morgan fingerprint density at radius 1 is 0.900 bits per heavy atom. The summed E-state index contributed by atoms with van der Waals surface area (Å²) in [5, 5.41) is 1.11. The number of rotatable bonds is 6. The molecule has 0 amide bonds. The van der Waals surface area contributed by atoms with Crippen molar-refractivity contribution in [2.75, 3.05) is 10.7 Å². The molecule has 0 saturated carbocycles. The third kappa shape index (κ3) is 3.52. The molecule has 5 heteroatoms. The molecule has 104 valence electrons. The fourth-order valence-electron chi connectivity index (χ4n) is 2.01. The van der Waals surface area contributed by atoms with Crippen LogP contribution in [0, 0.1) is 0 Å². The molecule has 20 heavy (non-hydrogen) atoms. The Bertz CT molecular complexity index is 499. The first-order chi connectivity index (χ1) is 9.77. The number of Topliss-reactive ketones (excluding diaryl/α,β-unsaturated/α-hetero) is 1. The van der Waals surface area contributed by atoms with Crippen LogP contribution in [-0.2, 0) is 4.79 Å². The van der Waals surface area contributed by atoms with Gasteiger partial charge < -0.3 is 0 Å². The van der Waals surface area contributed by atoms with Crippen LogP contribution in [0.3, 0.4) is 0 Å². The normalized spacial score (nSPS) is 13.7. The number of nitrogens with zero attached hydrogens (tertiary/aromatic N) is 2. The highest BCUT2D eigenvalue weighted by Gasteiger charge is 2.29. The van der Waals surface area contributed by atoms with E-state index >= 15 is 0 Å². The van der Waals surface area contributed by atoms with Crippen molar-refractivity contribution in [3.05, 3.63) is 60.2 Å². The number of carbonyl (C=O) groups is 1. The topological polar surface area (TPSA) is 42.9 Å². The molecular weight excluding hydrogens is 384 g/mol. The van der Waals surface area contributed by atoms with E-state index in [1.165, 1.54) is 0 Å². The summed E-state index contributed by atoms with van der Waals surface area (Å²) in [7, 11) is 0. The molecule has 0 aliphatic carbocycles. The van der Waals surface area contributed by atoms with E-state index in [-0.39, 0.29) is 17.6 Å². The van der Waals surface area contributed by atoms with E-state index in [0.717, 1.165) is 11.4 Å². The molecule has 0 N–H and O–H groups in total. The summed E-state index contributed by atoms with van der Waals surface area (Å²) in [6.45, 7) is 0. The van der Waals surface area contributed by atoms with Crippen LogP contribution < -0.4 is 0 Å². The highest BCUT2D eigenvalue weighted by atomic mass is 79.9. The lowest BCUT2D eigenvalue weighted by molar-refractivity contribution is -0.121. The molecule has 0 aliphatic rings. The first-order valence-electron chi connectivity index (χ1n) is 6.25. The van der Waals surface area contributed by atoms with E-state index in [9.17, 15) is 4.79 Å². The highest BCUT2D eigenvalue weighted by molar-refractivity contribution is 9.09. The van der Waals surface area contributed by atoms with Gasteiger partial charge in [0.2, 0.25) is 0 Å². The lowest BCUT2D eigenvalue weighted by Gasteiger charge is -2.18. The molecule has 2 unspecified atom stereocenters. The SMILES string of the molecule is O=C(C(CBr)c1ccccn1)C(CBr)c1ccccn1. The minimum atomic E-state index is -0.263. The van der Waals surface area contributed by atoms with E-state index in [1.807, 2.05) is 36.4 Å². The summed E-state index contributed by atoms with van der Waals surface area (Å²) in [5.41, 5.74) is 1.58. The second-order valence-corrected chi connectivity index (χ2v) is 5.62. The highest BCUT2D eigenvalue weighted by Crippen LogP contribution is 2.27. The molecular formula is C15H14Br2N2O. The van der Waals surface area contributed by atoms with Crippen LogP contribution in [0.5, 0.6) is 0 Å². The summed E-state index contributed by atoms with van der Waals surface area (Å²) in [6, 6.07) is 11.3. The van der Waals surface area contributed by atoms with E-state index in [2.05, 4.69) is 41.8 Å². The minimum Gasteiger partial charge on any atom is -0.298 e. The van der Waals surface area contributed by atoms with Crippen LogP contribution in [0.15, 0.2) is 48.8 Å². The lowest BCUT2D eigenvalue weighted by Crippen LogP contribution is -2.24. The fourth-order valence-corrected chi connectivity index (χ4v) is 3.31. The van der Waals surface area contributed by atoms with E-state index in [0.29, 0.717) is 10.7 Å². The van der Waals surface area contributed by atoms with Gasteiger partial charge in [-0.25, -0.2) is 0 Å². The molecule has 2 aromatic heterocycles. The zero-order chi connectivity index (χ0) is 14.4. The van der Waals surface area contributed by atoms with Crippen molar-refractivity contribution in [2.24, 2.45) is 0 Å². The van der Waals surface area contributed by atoms with Gasteiger partial charge in [-0.3, -0.25) is 14.8 Å². The van der Waals surface area contributed by atoms with Crippen LogP contribution in [0.4, 0.5) is 0 Å². The predicted octanol–water partition coefficient (Wildman–Crippen LogP) is 3.70. The van der Waals surface area contributed by atoms with Crippen LogP contribution >= 0.6 is 31.9 Å². The maximum atomic E-state index is 12.8. The average Bonchev–Trinajstić information content (AvgIpc) is 2.51. The molecule has 0 saturated heterocycles. The molecule has 2 heterocycles. The molecule has 0 bridgehead atoms. The molecule has 2 rings (SSSR count). The predicted molar refractivity (Wildman–Crippen MR) is 86.6 cm³/mol. The minimum absolute atomic E-state index is 0.121. The van der Waals surface area contributed by atoms with Gasteiger partial charge in [-0.05, 0) is 24.3 Å². The number of halogens is 2. The van der Waals surface area contributed by atoms with Gasteiger partial charge in [0, 0.05) is 23.1 Å². The zero-order valence-electron chi connectivity index (χ0n) is 10.7. The van der Waals surface area contributed by atoms with Gasteiger partial charge in [0.05, 0.1) is 23.2 Å². The molecule has 2 atom stereocenters. The fraction of sp³-hybridized carbons (Fsp3) is 0.267. The monoisotopic (exact) mass is 396 g/mol. The van der Waals surface area contributed by atoms with Gasteiger partial charge in [0.15, 0.2) is 5.78 Å². The Hall–Kier alpha value is -1.07. The molecule has 0 spiro atoms.